The van der Waals surface area contributed by atoms with Crippen molar-refractivity contribution in [3.05, 3.63) is 59.7 Å². The van der Waals surface area contributed by atoms with Crippen molar-refractivity contribution in [2.75, 3.05) is 31.1 Å². The Balaban J connectivity index is 1.50. The highest BCUT2D eigenvalue weighted by molar-refractivity contribution is 6.06. The maximum atomic E-state index is 13.1. The number of aromatic nitrogens is 3. The average Bonchev–Trinajstić information content (AvgIpc) is 2.72. The largest absolute Gasteiger partial charge is 0.353 e. The first-order valence-electron chi connectivity index (χ1n) is 9.76. The van der Waals surface area contributed by atoms with E-state index in [1.807, 2.05) is 48.2 Å². The number of nitrogens with zero attached hydrogens (tertiary/aromatic N) is 5. The van der Waals surface area contributed by atoms with Crippen LogP contribution in [0.15, 0.2) is 42.6 Å². The van der Waals surface area contributed by atoms with Gasteiger partial charge in [0, 0.05) is 55.4 Å². The van der Waals surface area contributed by atoms with Crippen molar-refractivity contribution in [2.45, 2.75) is 26.7 Å². The minimum Gasteiger partial charge on any atom is -0.353 e. The third kappa shape index (κ3) is 3.54. The Labute approximate surface area is 165 Å². The van der Waals surface area contributed by atoms with E-state index in [0.717, 1.165) is 46.9 Å². The topological polar surface area (TPSA) is 62.2 Å². The van der Waals surface area contributed by atoms with Crippen LogP contribution in [0.5, 0.6) is 0 Å². The maximum absolute atomic E-state index is 13.1. The quantitative estimate of drug-likeness (QED) is 0.702. The molecule has 0 unspecified atom stereocenters. The first kappa shape index (κ1) is 18.3. The molecule has 1 amide bonds. The molecule has 3 aromatic rings. The van der Waals surface area contributed by atoms with Gasteiger partial charge in [0.25, 0.3) is 5.91 Å². The molecular weight excluding hydrogens is 350 g/mol. The van der Waals surface area contributed by atoms with Gasteiger partial charge in [0.05, 0.1) is 11.1 Å². The van der Waals surface area contributed by atoms with E-state index in [1.54, 1.807) is 6.20 Å². The molecule has 2 aromatic heterocycles. The first-order chi connectivity index (χ1) is 13.5. The fraction of sp³-hybridized carbons (Fsp3) is 0.364. The number of aryl methyl sites for hydroxylation is 1. The predicted octanol–water partition coefficient (Wildman–Crippen LogP) is 3.42. The highest BCUT2D eigenvalue weighted by atomic mass is 16.2. The van der Waals surface area contributed by atoms with E-state index >= 15 is 0 Å². The molecule has 0 atom stereocenters. The lowest BCUT2D eigenvalue weighted by molar-refractivity contribution is 0.0748. The maximum Gasteiger partial charge on any atom is 0.254 e. The van der Waals surface area contributed by atoms with E-state index in [9.17, 15) is 4.79 Å². The number of carbonyl (C=O) groups is 1. The molecule has 3 heterocycles. The average molecular weight is 375 g/mol. The van der Waals surface area contributed by atoms with Crippen LogP contribution in [-0.2, 0) is 0 Å². The van der Waals surface area contributed by atoms with E-state index in [-0.39, 0.29) is 5.91 Å². The molecular formula is C22H25N5O. The number of pyridine rings is 1. The van der Waals surface area contributed by atoms with Crippen LogP contribution in [0.3, 0.4) is 0 Å². The Bertz CT molecular complexity index is 1000. The van der Waals surface area contributed by atoms with Gasteiger partial charge in [-0.2, -0.15) is 0 Å². The Hall–Kier alpha value is -3.02. The van der Waals surface area contributed by atoms with Gasteiger partial charge in [0.2, 0.25) is 0 Å². The van der Waals surface area contributed by atoms with Crippen LogP contribution in [0.1, 0.15) is 41.6 Å². The number of amides is 1. The van der Waals surface area contributed by atoms with Crippen LogP contribution in [0, 0.1) is 6.92 Å². The third-order valence-corrected chi connectivity index (χ3v) is 5.14. The molecule has 0 saturated carbocycles. The summed E-state index contributed by atoms with van der Waals surface area (Å²) in [7, 11) is 0. The van der Waals surface area contributed by atoms with Gasteiger partial charge in [0.15, 0.2) is 0 Å². The lowest BCUT2D eigenvalue weighted by atomic mass is 10.1. The second-order valence-corrected chi connectivity index (χ2v) is 7.54. The molecule has 144 valence electrons. The molecule has 1 aliphatic heterocycles. The summed E-state index contributed by atoms with van der Waals surface area (Å²) in [6, 6.07) is 11.6. The zero-order valence-corrected chi connectivity index (χ0v) is 16.6. The molecule has 6 heteroatoms. The standard InChI is InChI=1S/C22H25N5O/c1-15(2)21-24-16(3)14-20(25-21)26-10-12-27(13-11-26)22(28)18-8-9-23-19-7-5-4-6-17(18)19/h4-9,14-15H,10-13H2,1-3H3. The van der Waals surface area contributed by atoms with Gasteiger partial charge in [-0.05, 0) is 19.1 Å². The van der Waals surface area contributed by atoms with Crippen molar-refractivity contribution in [3.8, 4) is 0 Å². The van der Waals surface area contributed by atoms with Gasteiger partial charge in [-0.25, -0.2) is 9.97 Å². The number of rotatable bonds is 3. The number of hydrogen-bond acceptors (Lipinski definition) is 5. The molecule has 0 bridgehead atoms. The molecule has 4 rings (SSSR count). The van der Waals surface area contributed by atoms with E-state index in [2.05, 4.69) is 28.7 Å². The van der Waals surface area contributed by atoms with Gasteiger partial charge in [-0.1, -0.05) is 32.0 Å². The summed E-state index contributed by atoms with van der Waals surface area (Å²) >= 11 is 0. The number of benzene rings is 1. The smallest absolute Gasteiger partial charge is 0.254 e. The summed E-state index contributed by atoms with van der Waals surface area (Å²) in [6.07, 6.45) is 1.71. The fourth-order valence-corrected chi connectivity index (χ4v) is 3.59. The van der Waals surface area contributed by atoms with Crippen molar-refractivity contribution in [2.24, 2.45) is 0 Å². The lowest BCUT2D eigenvalue weighted by Gasteiger charge is -2.35. The molecule has 0 aliphatic carbocycles. The van der Waals surface area contributed by atoms with Gasteiger partial charge in [0.1, 0.15) is 11.6 Å². The number of para-hydroxylation sites is 1. The molecule has 6 nitrogen and oxygen atoms in total. The molecule has 1 aliphatic rings. The highest BCUT2D eigenvalue weighted by Gasteiger charge is 2.24. The zero-order valence-electron chi connectivity index (χ0n) is 16.6. The Kier molecular flexibility index (Phi) is 4.94. The molecule has 1 fully saturated rings. The molecule has 0 spiro atoms. The van der Waals surface area contributed by atoms with E-state index in [4.69, 9.17) is 4.98 Å². The number of fused-ring (bicyclic) bond motifs is 1. The fourth-order valence-electron chi connectivity index (χ4n) is 3.59. The predicted molar refractivity (Wildman–Crippen MR) is 111 cm³/mol. The highest BCUT2D eigenvalue weighted by Crippen LogP contribution is 2.21. The van der Waals surface area contributed by atoms with Gasteiger partial charge >= 0.3 is 0 Å². The summed E-state index contributed by atoms with van der Waals surface area (Å²) in [5, 5.41) is 0.908. The zero-order chi connectivity index (χ0) is 19.7. The Morgan fingerprint density at radius 2 is 1.79 bits per heavy atom. The SMILES string of the molecule is Cc1cc(N2CCN(C(=O)c3ccnc4ccccc34)CC2)nc(C(C)C)n1. The summed E-state index contributed by atoms with van der Waals surface area (Å²) in [5.41, 5.74) is 2.55. The van der Waals surface area contributed by atoms with Crippen LogP contribution in [-0.4, -0.2) is 51.9 Å². The van der Waals surface area contributed by atoms with Gasteiger partial charge < -0.3 is 9.80 Å². The number of piperazine rings is 1. The first-order valence-corrected chi connectivity index (χ1v) is 9.76. The second kappa shape index (κ2) is 7.54. The third-order valence-electron chi connectivity index (χ3n) is 5.14. The molecule has 1 saturated heterocycles. The monoisotopic (exact) mass is 375 g/mol. The van der Waals surface area contributed by atoms with Crippen molar-refractivity contribution < 1.29 is 4.79 Å². The minimum absolute atomic E-state index is 0.0694. The Morgan fingerprint density at radius 3 is 2.54 bits per heavy atom. The Morgan fingerprint density at radius 1 is 1.04 bits per heavy atom. The van der Waals surface area contributed by atoms with Crippen molar-refractivity contribution in [3.63, 3.8) is 0 Å². The normalized spacial score (nSPS) is 14.7. The van der Waals surface area contributed by atoms with Crippen molar-refractivity contribution in [1.82, 2.24) is 19.9 Å². The number of hydrogen-bond donors (Lipinski definition) is 0. The molecule has 0 N–H and O–H groups in total. The summed E-state index contributed by atoms with van der Waals surface area (Å²) in [4.78, 5) is 30.9. The van der Waals surface area contributed by atoms with E-state index < -0.39 is 0 Å². The van der Waals surface area contributed by atoms with Crippen molar-refractivity contribution in [1.29, 1.82) is 0 Å². The lowest BCUT2D eigenvalue weighted by Crippen LogP contribution is -2.49. The van der Waals surface area contributed by atoms with E-state index in [0.29, 0.717) is 19.0 Å². The van der Waals surface area contributed by atoms with E-state index in [1.165, 1.54) is 0 Å². The summed E-state index contributed by atoms with van der Waals surface area (Å²) in [5.74, 6) is 2.19. The summed E-state index contributed by atoms with van der Waals surface area (Å²) < 4.78 is 0. The second-order valence-electron chi connectivity index (χ2n) is 7.54. The van der Waals surface area contributed by atoms with Crippen LogP contribution >= 0.6 is 0 Å². The van der Waals surface area contributed by atoms with Crippen LogP contribution in [0.25, 0.3) is 10.9 Å². The van der Waals surface area contributed by atoms with Gasteiger partial charge in [-0.15, -0.1) is 0 Å². The summed E-state index contributed by atoms with van der Waals surface area (Å²) in [6.45, 7) is 9.10. The molecule has 1 aromatic carbocycles. The minimum atomic E-state index is 0.0694. The number of carbonyl (C=O) groups excluding carboxylic acids is 1. The number of anilines is 1. The van der Waals surface area contributed by atoms with Gasteiger partial charge in [-0.3, -0.25) is 9.78 Å². The molecule has 28 heavy (non-hydrogen) atoms. The molecule has 0 radical (unpaired) electrons. The van der Waals surface area contributed by atoms with Crippen LogP contribution in [0.2, 0.25) is 0 Å². The van der Waals surface area contributed by atoms with Crippen LogP contribution in [0.4, 0.5) is 5.82 Å². The van der Waals surface area contributed by atoms with Crippen LogP contribution < -0.4 is 4.90 Å². The van der Waals surface area contributed by atoms with Crippen molar-refractivity contribution >= 4 is 22.6 Å².